The number of rotatable bonds is 13. The third-order valence-electron chi connectivity index (χ3n) is 11.5. The maximum Gasteiger partial charge on any atom is 0.240 e. The Morgan fingerprint density at radius 1 is 1.16 bits per heavy atom. The Morgan fingerprint density at radius 3 is 2.42 bits per heavy atom. The van der Waals surface area contributed by atoms with Gasteiger partial charge in [0.25, 0.3) is 0 Å². The molecule has 8 nitrogen and oxygen atoms in total. The van der Waals surface area contributed by atoms with Gasteiger partial charge in [0, 0.05) is 31.6 Å². The van der Waals surface area contributed by atoms with Crippen molar-refractivity contribution in [1.29, 1.82) is 0 Å². The number of nitrogens with one attached hydrogen (secondary N) is 1. The van der Waals surface area contributed by atoms with Crippen LogP contribution in [-0.4, -0.2) is 95.6 Å². The molecule has 1 aromatic carbocycles. The van der Waals surface area contributed by atoms with E-state index in [4.69, 9.17) is 4.84 Å². The number of fused-ring (bicyclic) bond motifs is 1. The minimum Gasteiger partial charge on any atom is -0.394 e. The van der Waals surface area contributed by atoms with E-state index in [2.05, 4.69) is 95.0 Å². The predicted molar refractivity (Wildman–Crippen MR) is 170 cm³/mol. The van der Waals surface area contributed by atoms with E-state index in [9.17, 15) is 15.0 Å². The summed E-state index contributed by atoms with van der Waals surface area (Å²) in [7, 11) is 4.23. The average Bonchev–Trinajstić information content (AvgIpc) is 3.18. The second kappa shape index (κ2) is 12.0. The molecule has 8 heteroatoms. The van der Waals surface area contributed by atoms with E-state index in [-0.39, 0.29) is 29.4 Å². The summed E-state index contributed by atoms with van der Waals surface area (Å²) in [4.78, 5) is 25.0. The Balaban J connectivity index is 1.29. The lowest BCUT2D eigenvalue weighted by molar-refractivity contribution is -0.182. The first-order valence-corrected chi connectivity index (χ1v) is 16.6. The Hall–Kier alpha value is -1.55. The Kier molecular flexibility index (Phi) is 9.16. The number of hydrogen-bond donors (Lipinski definition) is 3. The van der Waals surface area contributed by atoms with Gasteiger partial charge in [0.1, 0.15) is 12.1 Å². The molecule has 1 aromatic rings. The summed E-state index contributed by atoms with van der Waals surface area (Å²) in [5.74, 6) is 1.48. The third kappa shape index (κ3) is 6.30. The number of hydroxylamine groups is 2. The van der Waals surface area contributed by atoms with E-state index < -0.39 is 24.2 Å². The number of aliphatic hydroxyl groups is 2. The van der Waals surface area contributed by atoms with Crippen molar-refractivity contribution in [3.05, 3.63) is 35.4 Å². The summed E-state index contributed by atoms with van der Waals surface area (Å²) in [6.45, 7) is 19.7. The molecule has 0 aromatic heterocycles. The standard InChI is InChI=1S/C35H58N4O4/c1-22(41)28-26(21-40)43-39(30(28)32(42)36-27-18-25-29-31(34(25,5)6)35(27,29)7)20-24-12-10-11-23(17-24)19-38(16-15-37(8)9)14-13-33(2,3)4/h10-12,17,22,25-31,40-41H,13-16,18-21H2,1-9H3,(H,36,42)/t22-,25-,26-,27-,28+,29?,30-,31+,35-/m0/s1. The molecule has 9 atom stereocenters. The molecule has 1 aliphatic heterocycles. The third-order valence-corrected chi connectivity index (χ3v) is 11.5. The van der Waals surface area contributed by atoms with E-state index in [0.29, 0.717) is 23.8 Å². The highest BCUT2D eigenvalue weighted by Gasteiger charge is 2.85. The van der Waals surface area contributed by atoms with Crippen LogP contribution in [0, 0.1) is 39.9 Å². The zero-order chi connectivity index (χ0) is 31.5. The smallest absolute Gasteiger partial charge is 0.240 e. The molecule has 0 radical (unpaired) electrons. The summed E-state index contributed by atoms with van der Waals surface area (Å²) >= 11 is 0. The lowest BCUT2D eigenvalue weighted by Crippen LogP contribution is -2.54. The first-order valence-electron chi connectivity index (χ1n) is 16.6. The number of carbonyl (C=O) groups is 1. The summed E-state index contributed by atoms with van der Waals surface area (Å²) in [6, 6.07) is 8.03. The normalized spacial score (nSPS) is 35.2. The molecule has 0 bridgehead atoms. The van der Waals surface area contributed by atoms with Gasteiger partial charge in [-0.1, -0.05) is 65.8 Å². The fourth-order valence-electron chi connectivity index (χ4n) is 9.20. The molecular weight excluding hydrogens is 540 g/mol. The zero-order valence-corrected chi connectivity index (χ0v) is 28.1. The second-order valence-corrected chi connectivity index (χ2v) is 16.5. The van der Waals surface area contributed by atoms with Crippen LogP contribution in [0.5, 0.6) is 0 Å². The van der Waals surface area contributed by atoms with E-state index in [1.807, 2.05) is 0 Å². The quantitative estimate of drug-likeness (QED) is 0.319. The number of aliphatic hydroxyl groups excluding tert-OH is 2. The molecule has 4 aliphatic rings. The van der Waals surface area contributed by atoms with Gasteiger partial charge in [-0.15, -0.1) is 0 Å². The van der Waals surface area contributed by atoms with Gasteiger partial charge in [0.05, 0.1) is 19.3 Å². The van der Waals surface area contributed by atoms with Crippen LogP contribution < -0.4 is 5.32 Å². The number of benzene rings is 1. The van der Waals surface area contributed by atoms with Crippen LogP contribution in [0.1, 0.15) is 72.4 Å². The van der Waals surface area contributed by atoms with Gasteiger partial charge >= 0.3 is 0 Å². The molecule has 5 rings (SSSR count). The lowest BCUT2D eigenvalue weighted by Gasteiger charge is -2.47. The van der Waals surface area contributed by atoms with Gasteiger partial charge in [-0.2, -0.15) is 5.06 Å². The monoisotopic (exact) mass is 598 g/mol. The molecule has 3 aliphatic carbocycles. The van der Waals surface area contributed by atoms with Crippen molar-refractivity contribution < 1.29 is 19.8 Å². The van der Waals surface area contributed by atoms with Gasteiger partial charge in [-0.3, -0.25) is 14.5 Å². The van der Waals surface area contributed by atoms with Gasteiger partial charge in [-0.05, 0) is 85.5 Å². The van der Waals surface area contributed by atoms with Gasteiger partial charge in [-0.25, -0.2) is 0 Å². The minimum absolute atomic E-state index is 0.0916. The summed E-state index contributed by atoms with van der Waals surface area (Å²) in [5.41, 5.74) is 3.10. The van der Waals surface area contributed by atoms with Crippen molar-refractivity contribution in [2.24, 2.45) is 39.9 Å². The maximum absolute atomic E-state index is 14.0. The Labute approximate surface area is 260 Å². The maximum atomic E-state index is 14.0. The Bertz CT molecular complexity index is 1140. The lowest BCUT2D eigenvalue weighted by atomic mass is 9.59. The van der Waals surface area contributed by atoms with Crippen LogP contribution in [0.2, 0.25) is 0 Å². The predicted octanol–water partition coefficient (Wildman–Crippen LogP) is 3.76. The first-order chi connectivity index (χ1) is 20.1. The molecule has 3 saturated carbocycles. The number of likely N-dealkylation sites (N-methyl/N-ethyl adjacent to an activating group) is 1. The minimum atomic E-state index is -0.794. The highest BCUT2D eigenvalue weighted by atomic mass is 16.7. The van der Waals surface area contributed by atoms with Crippen LogP contribution in [0.3, 0.4) is 0 Å². The van der Waals surface area contributed by atoms with Crippen molar-refractivity contribution in [2.45, 2.75) is 98.7 Å². The van der Waals surface area contributed by atoms with E-state index in [1.54, 1.807) is 12.0 Å². The molecule has 1 unspecified atom stereocenters. The SMILES string of the molecule is C[C@H](O)[C@@H]1[C@H](CO)ON(Cc2cccc(CN(CCN(C)C)CCC(C)(C)C)c2)[C@@H]1C(=O)N[C@H]1C[C@H]2C3[C@H](C2(C)C)[C@]31C. The molecule has 1 saturated heterocycles. The molecule has 1 heterocycles. The largest absolute Gasteiger partial charge is 0.394 e. The van der Waals surface area contributed by atoms with Crippen molar-refractivity contribution in [2.75, 3.05) is 40.3 Å². The summed E-state index contributed by atoms with van der Waals surface area (Å²) in [5, 5.41) is 26.1. The van der Waals surface area contributed by atoms with Crippen LogP contribution in [-0.2, 0) is 22.7 Å². The van der Waals surface area contributed by atoms with Crippen molar-refractivity contribution in [3.63, 3.8) is 0 Å². The van der Waals surface area contributed by atoms with E-state index in [1.165, 1.54) is 5.56 Å². The average molecular weight is 599 g/mol. The Morgan fingerprint density at radius 2 is 1.86 bits per heavy atom. The molecule has 1 amide bonds. The number of carbonyl (C=O) groups excluding carboxylic acids is 1. The fourth-order valence-corrected chi connectivity index (χ4v) is 9.20. The molecule has 43 heavy (non-hydrogen) atoms. The number of nitrogens with zero attached hydrogens (tertiary/aromatic N) is 3. The number of hydrogen-bond acceptors (Lipinski definition) is 7. The van der Waals surface area contributed by atoms with Gasteiger partial charge in [0.15, 0.2) is 0 Å². The molecule has 242 valence electrons. The van der Waals surface area contributed by atoms with Crippen LogP contribution in [0.15, 0.2) is 24.3 Å². The molecule has 3 N–H and O–H groups in total. The molecule has 0 spiro atoms. The molecular formula is C35H58N4O4. The highest BCUT2D eigenvalue weighted by Crippen LogP contribution is 2.87. The first kappa shape index (κ1) is 32.8. The fraction of sp³-hybridized carbons (Fsp3) is 0.800. The zero-order valence-electron chi connectivity index (χ0n) is 28.1. The van der Waals surface area contributed by atoms with Crippen LogP contribution in [0.4, 0.5) is 0 Å². The summed E-state index contributed by atoms with van der Waals surface area (Å²) in [6.07, 6.45) is 0.728. The van der Waals surface area contributed by atoms with Crippen molar-refractivity contribution in [3.8, 4) is 0 Å². The van der Waals surface area contributed by atoms with Crippen molar-refractivity contribution >= 4 is 5.91 Å². The van der Waals surface area contributed by atoms with Crippen LogP contribution >= 0.6 is 0 Å². The highest BCUT2D eigenvalue weighted by molar-refractivity contribution is 5.83. The summed E-state index contributed by atoms with van der Waals surface area (Å²) < 4.78 is 0. The van der Waals surface area contributed by atoms with Gasteiger partial charge in [0.2, 0.25) is 5.91 Å². The topological polar surface area (TPSA) is 88.5 Å². The van der Waals surface area contributed by atoms with Gasteiger partial charge < -0.3 is 20.4 Å². The van der Waals surface area contributed by atoms with Crippen LogP contribution in [0.25, 0.3) is 0 Å². The molecule has 4 fully saturated rings. The van der Waals surface area contributed by atoms with E-state index in [0.717, 1.165) is 50.5 Å². The van der Waals surface area contributed by atoms with E-state index >= 15 is 0 Å². The second-order valence-electron chi connectivity index (χ2n) is 16.5. The van der Waals surface area contributed by atoms with Crippen molar-refractivity contribution in [1.82, 2.24) is 20.2 Å². The number of amides is 1.